The Bertz CT molecular complexity index is 123. The first-order chi connectivity index (χ1) is 5.17. The van der Waals surface area contributed by atoms with Crippen LogP contribution in [0.2, 0.25) is 0 Å². The van der Waals surface area contributed by atoms with Crippen molar-refractivity contribution in [2.24, 2.45) is 0 Å². The monoisotopic (exact) mass is 160 g/mol. The molecule has 0 radical (unpaired) electrons. The van der Waals surface area contributed by atoms with Crippen molar-refractivity contribution in [1.29, 1.82) is 0 Å². The molecule has 0 unspecified atom stereocenters. The van der Waals surface area contributed by atoms with E-state index in [4.69, 9.17) is 9.84 Å². The molecule has 0 aromatic rings. The predicted molar refractivity (Wildman–Crippen MR) is 41.3 cm³/mol. The van der Waals surface area contributed by atoms with Gasteiger partial charge in [-0.3, -0.25) is 0 Å². The Morgan fingerprint density at radius 3 is 2.91 bits per heavy atom. The minimum absolute atomic E-state index is 0.0903. The van der Waals surface area contributed by atoms with Crippen molar-refractivity contribution in [2.75, 3.05) is 13.2 Å². The van der Waals surface area contributed by atoms with E-state index in [1.54, 1.807) is 6.92 Å². The van der Waals surface area contributed by atoms with Gasteiger partial charge in [0.15, 0.2) is 0 Å². The molecule has 2 N–H and O–H groups in total. The average molecular weight is 160 g/mol. The summed E-state index contributed by atoms with van der Waals surface area (Å²) in [5.74, 6) is 0. The number of hydrogen-bond donors (Lipinski definition) is 2. The van der Waals surface area contributed by atoms with Gasteiger partial charge in [0.2, 0.25) is 0 Å². The van der Waals surface area contributed by atoms with E-state index in [-0.39, 0.29) is 6.61 Å². The molecule has 1 heterocycles. The standard InChI is InChI=1S/C8H16O3/c1-8(10)4-2-3-5-11-7(8)6-9/h7,9-10H,2-6H2,1H3/t7-,8+/m0/s1. The van der Waals surface area contributed by atoms with Gasteiger partial charge in [-0.1, -0.05) is 0 Å². The molecule has 0 aromatic carbocycles. The van der Waals surface area contributed by atoms with E-state index in [1.165, 1.54) is 0 Å². The van der Waals surface area contributed by atoms with Crippen molar-refractivity contribution < 1.29 is 14.9 Å². The Morgan fingerprint density at radius 2 is 2.27 bits per heavy atom. The summed E-state index contributed by atoms with van der Waals surface area (Å²) >= 11 is 0. The van der Waals surface area contributed by atoms with E-state index >= 15 is 0 Å². The van der Waals surface area contributed by atoms with Crippen LogP contribution in [-0.2, 0) is 4.74 Å². The van der Waals surface area contributed by atoms with Crippen molar-refractivity contribution in [2.45, 2.75) is 37.9 Å². The van der Waals surface area contributed by atoms with Gasteiger partial charge >= 0.3 is 0 Å². The minimum Gasteiger partial charge on any atom is -0.394 e. The fourth-order valence-corrected chi connectivity index (χ4v) is 1.40. The molecule has 0 spiro atoms. The molecule has 3 nitrogen and oxygen atoms in total. The summed E-state index contributed by atoms with van der Waals surface area (Å²) < 4.78 is 5.27. The Hall–Kier alpha value is -0.120. The molecule has 0 bridgehead atoms. The minimum atomic E-state index is -0.842. The predicted octanol–water partition coefficient (Wildman–Crippen LogP) is 0.299. The number of rotatable bonds is 1. The van der Waals surface area contributed by atoms with E-state index < -0.39 is 11.7 Å². The Balaban J connectivity index is 2.56. The van der Waals surface area contributed by atoms with Gasteiger partial charge in [0.25, 0.3) is 0 Å². The van der Waals surface area contributed by atoms with Crippen LogP contribution >= 0.6 is 0 Å². The van der Waals surface area contributed by atoms with E-state index in [2.05, 4.69) is 0 Å². The molecule has 2 atom stereocenters. The Labute approximate surface area is 67.0 Å². The molecule has 66 valence electrons. The number of ether oxygens (including phenoxy) is 1. The van der Waals surface area contributed by atoms with Crippen LogP contribution in [0, 0.1) is 0 Å². The summed E-state index contributed by atoms with van der Waals surface area (Å²) in [6.45, 7) is 2.29. The molecule has 1 fully saturated rings. The maximum absolute atomic E-state index is 9.73. The van der Waals surface area contributed by atoms with E-state index in [0.717, 1.165) is 19.3 Å². The molecule has 1 rings (SSSR count). The van der Waals surface area contributed by atoms with Crippen molar-refractivity contribution in [3.05, 3.63) is 0 Å². The molecule has 0 aromatic heterocycles. The highest BCUT2D eigenvalue weighted by Gasteiger charge is 2.33. The summed E-state index contributed by atoms with van der Waals surface area (Å²) in [5, 5.41) is 18.6. The van der Waals surface area contributed by atoms with Crippen LogP contribution in [0.25, 0.3) is 0 Å². The zero-order valence-corrected chi connectivity index (χ0v) is 6.92. The molecule has 1 saturated heterocycles. The van der Waals surface area contributed by atoms with Crippen molar-refractivity contribution in [1.82, 2.24) is 0 Å². The normalized spacial score (nSPS) is 40.1. The van der Waals surface area contributed by atoms with Crippen LogP contribution in [0.3, 0.4) is 0 Å². The third kappa shape index (κ3) is 2.15. The summed E-state index contributed by atoms with van der Waals surface area (Å²) in [4.78, 5) is 0. The third-order valence-corrected chi connectivity index (χ3v) is 2.26. The SMILES string of the molecule is C[C@@]1(O)CCCCO[C@H]1CO. The van der Waals surface area contributed by atoms with Gasteiger partial charge in [-0.25, -0.2) is 0 Å². The van der Waals surface area contributed by atoms with Gasteiger partial charge in [-0.15, -0.1) is 0 Å². The topological polar surface area (TPSA) is 49.7 Å². The molecule has 1 aliphatic heterocycles. The molecule has 1 aliphatic rings. The molecule has 0 amide bonds. The van der Waals surface area contributed by atoms with Gasteiger partial charge in [-0.05, 0) is 26.2 Å². The maximum atomic E-state index is 9.73. The Morgan fingerprint density at radius 1 is 1.55 bits per heavy atom. The maximum Gasteiger partial charge on any atom is 0.109 e. The summed E-state index contributed by atoms with van der Waals surface area (Å²) in [6.07, 6.45) is 2.28. The van der Waals surface area contributed by atoms with Crippen molar-refractivity contribution in [3.8, 4) is 0 Å². The first kappa shape index (κ1) is 8.97. The summed E-state index contributed by atoms with van der Waals surface area (Å²) in [7, 11) is 0. The summed E-state index contributed by atoms with van der Waals surface area (Å²) in [6, 6.07) is 0. The Kier molecular flexibility index (Phi) is 2.87. The molecule has 0 aliphatic carbocycles. The molecule has 3 heteroatoms. The molecule has 0 saturated carbocycles. The first-order valence-corrected chi connectivity index (χ1v) is 4.11. The smallest absolute Gasteiger partial charge is 0.109 e. The van der Waals surface area contributed by atoms with Gasteiger partial charge in [0.05, 0.1) is 12.2 Å². The second kappa shape index (κ2) is 3.52. The number of aliphatic hydroxyl groups excluding tert-OH is 1. The molecule has 11 heavy (non-hydrogen) atoms. The lowest BCUT2D eigenvalue weighted by Crippen LogP contribution is -2.42. The lowest BCUT2D eigenvalue weighted by Gasteiger charge is -2.28. The highest BCUT2D eigenvalue weighted by molar-refractivity contribution is 4.84. The van der Waals surface area contributed by atoms with Gasteiger partial charge in [-0.2, -0.15) is 0 Å². The number of aliphatic hydroxyl groups is 2. The average Bonchev–Trinajstić information content (AvgIpc) is 2.10. The first-order valence-electron chi connectivity index (χ1n) is 4.11. The highest BCUT2D eigenvalue weighted by atomic mass is 16.5. The van der Waals surface area contributed by atoms with Crippen LogP contribution in [0.4, 0.5) is 0 Å². The van der Waals surface area contributed by atoms with Gasteiger partial charge in [0, 0.05) is 6.61 Å². The second-order valence-electron chi connectivity index (χ2n) is 3.36. The largest absolute Gasteiger partial charge is 0.394 e. The third-order valence-electron chi connectivity index (χ3n) is 2.26. The summed E-state index contributed by atoms with van der Waals surface area (Å²) in [5.41, 5.74) is -0.842. The van der Waals surface area contributed by atoms with Gasteiger partial charge < -0.3 is 14.9 Å². The van der Waals surface area contributed by atoms with Crippen LogP contribution < -0.4 is 0 Å². The van der Waals surface area contributed by atoms with E-state index in [9.17, 15) is 5.11 Å². The lowest BCUT2D eigenvalue weighted by atomic mass is 9.94. The second-order valence-corrected chi connectivity index (χ2v) is 3.36. The van der Waals surface area contributed by atoms with Gasteiger partial charge in [0.1, 0.15) is 6.10 Å². The van der Waals surface area contributed by atoms with Crippen LogP contribution in [0.5, 0.6) is 0 Å². The highest BCUT2D eigenvalue weighted by Crippen LogP contribution is 2.23. The van der Waals surface area contributed by atoms with Crippen LogP contribution in [0.15, 0.2) is 0 Å². The zero-order valence-electron chi connectivity index (χ0n) is 6.92. The van der Waals surface area contributed by atoms with Crippen molar-refractivity contribution >= 4 is 0 Å². The van der Waals surface area contributed by atoms with E-state index in [0.29, 0.717) is 6.61 Å². The fraction of sp³-hybridized carbons (Fsp3) is 1.00. The fourth-order valence-electron chi connectivity index (χ4n) is 1.40. The van der Waals surface area contributed by atoms with Crippen LogP contribution in [0.1, 0.15) is 26.2 Å². The molecular weight excluding hydrogens is 144 g/mol. The zero-order chi connectivity index (χ0) is 8.32. The lowest BCUT2D eigenvalue weighted by molar-refractivity contribution is -0.108. The molecular formula is C8H16O3. The van der Waals surface area contributed by atoms with Crippen LogP contribution in [-0.4, -0.2) is 35.1 Å². The number of hydrogen-bond acceptors (Lipinski definition) is 3. The van der Waals surface area contributed by atoms with E-state index in [1.807, 2.05) is 0 Å². The quantitative estimate of drug-likeness (QED) is 0.580. The van der Waals surface area contributed by atoms with Crippen molar-refractivity contribution in [3.63, 3.8) is 0 Å².